The van der Waals surface area contributed by atoms with Crippen molar-refractivity contribution < 1.29 is 4.42 Å². The van der Waals surface area contributed by atoms with Gasteiger partial charge in [0.25, 0.3) is 0 Å². The van der Waals surface area contributed by atoms with Crippen LogP contribution < -0.4 is 0 Å². The molecule has 0 spiro atoms. The molecule has 55 valence electrons. The van der Waals surface area contributed by atoms with Crippen LogP contribution in [0.3, 0.4) is 0 Å². The van der Waals surface area contributed by atoms with Gasteiger partial charge >= 0.3 is 0 Å². The normalized spacial score (nSPS) is 10.6. The van der Waals surface area contributed by atoms with Crippen LogP contribution in [0.1, 0.15) is 12.7 Å². The van der Waals surface area contributed by atoms with Gasteiger partial charge in [0.1, 0.15) is 11.3 Å². The van der Waals surface area contributed by atoms with Crippen molar-refractivity contribution in [2.45, 2.75) is 13.3 Å². The molecule has 1 heterocycles. The fraction of sp³-hybridized carbons (Fsp3) is 0.200. The maximum absolute atomic E-state index is 5.46. The Balaban J connectivity index is 2.69. The highest BCUT2D eigenvalue weighted by atomic mass is 16.3. The Morgan fingerprint density at radius 1 is 1.36 bits per heavy atom. The SMILES string of the molecule is CCc1[c]c2ccccc2o1. The summed E-state index contributed by atoms with van der Waals surface area (Å²) in [5.74, 6) is 0.936. The number of aryl methyl sites for hydroxylation is 1. The van der Waals surface area contributed by atoms with Crippen LogP contribution in [0.4, 0.5) is 0 Å². The number of hydrogen-bond donors (Lipinski definition) is 0. The lowest BCUT2D eigenvalue weighted by molar-refractivity contribution is 0.556. The second-order valence-corrected chi connectivity index (χ2v) is 2.50. The minimum atomic E-state index is 0.911. The molecule has 1 nitrogen and oxygen atoms in total. The number of furan rings is 1. The van der Waals surface area contributed by atoms with Gasteiger partial charge in [0.05, 0.1) is 0 Å². The van der Waals surface area contributed by atoms with Crippen LogP contribution in [0, 0.1) is 6.07 Å². The fourth-order valence-corrected chi connectivity index (χ4v) is 1.13. The summed E-state index contributed by atoms with van der Waals surface area (Å²) in [6.45, 7) is 2.06. The van der Waals surface area contributed by atoms with Crippen molar-refractivity contribution in [3.63, 3.8) is 0 Å². The molecule has 1 aromatic carbocycles. The number of benzene rings is 1. The Bertz CT molecular complexity index is 327. The number of para-hydroxylation sites is 1. The Morgan fingerprint density at radius 2 is 2.18 bits per heavy atom. The van der Waals surface area contributed by atoms with Crippen LogP contribution in [0.15, 0.2) is 28.7 Å². The Kier molecular flexibility index (Phi) is 1.42. The van der Waals surface area contributed by atoms with E-state index in [0.717, 1.165) is 23.2 Å². The Hall–Kier alpha value is -1.24. The van der Waals surface area contributed by atoms with Gasteiger partial charge in [-0.2, -0.15) is 0 Å². The standard InChI is InChI=1S/C10H9O/c1-2-9-7-8-5-3-4-6-10(8)11-9/h3-6H,2H2,1H3. The molecule has 0 saturated heterocycles. The molecule has 0 bridgehead atoms. The van der Waals surface area contributed by atoms with Crippen molar-refractivity contribution in [3.8, 4) is 0 Å². The lowest BCUT2D eigenvalue weighted by atomic mass is 10.2. The van der Waals surface area contributed by atoms with E-state index in [1.54, 1.807) is 0 Å². The Morgan fingerprint density at radius 3 is 2.91 bits per heavy atom. The van der Waals surface area contributed by atoms with E-state index in [1.807, 2.05) is 24.3 Å². The first-order valence-electron chi connectivity index (χ1n) is 3.80. The molecular formula is C10H9O. The highest BCUT2D eigenvalue weighted by molar-refractivity contribution is 5.76. The summed E-state index contributed by atoms with van der Waals surface area (Å²) >= 11 is 0. The van der Waals surface area contributed by atoms with Crippen molar-refractivity contribution in [1.29, 1.82) is 0 Å². The van der Waals surface area contributed by atoms with Gasteiger partial charge in [-0.05, 0) is 6.07 Å². The van der Waals surface area contributed by atoms with Gasteiger partial charge in [0.2, 0.25) is 0 Å². The predicted octanol–water partition coefficient (Wildman–Crippen LogP) is 2.80. The zero-order valence-corrected chi connectivity index (χ0v) is 6.42. The molecule has 0 unspecified atom stereocenters. The van der Waals surface area contributed by atoms with Crippen molar-refractivity contribution >= 4 is 11.0 Å². The minimum Gasteiger partial charge on any atom is -0.460 e. The van der Waals surface area contributed by atoms with Crippen molar-refractivity contribution in [2.24, 2.45) is 0 Å². The smallest absolute Gasteiger partial charge is 0.134 e. The molecule has 2 aromatic rings. The van der Waals surface area contributed by atoms with Crippen LogP contribution in [0.2, 0.25) is 0 Å². The van der Waals surface area contributed by atoms with Crippen molar-refractivity contribution in [2.75, 3.05) is 0 Å². The fourth-order valence-electron chi connectivity index (χ4n) is 1.13. The third-order valence-electron chi connectivity index (χ3n) is 1.72. The summed E-state index contributed by atoms with van der Waals surface area (Å²) < 4.78 is 5.46. The molecule has 0 aliphatic heterocycles. The predicted molar refractivity (Wildman–Crippen MR) is 44.4 cm³/mol. The van der Waals surface area contributed by atoms with Gasteiger partial charge in [-0.1, -0.05) is 25.1 Å². The van der Waals surface area contributed by atoms with E-state index in [9.17, 15) is 0 Å². The summed E-state index contributed by atoms with van der Waals surface area (Å²) in [5.41, 5.74) is 0.935. The first-order valence-corrected chi connectivity index (χ1v) is 3.80. The summed E-state index contributed by atoms with van der Waals surface area (Å²) in [7, 11) is 0. The van der Waals surface area contributed by atoms with Gasteiger partial charge in [0, 0.05) is 17.9 Å². The largest absolute Gasteiger partial charge is 0.460 e. The molecule has 1 heteroatoms. The lowest BCUT2D eigenvalue weighted by Crippen LogP contribution is -1.68. The zero-order valence-electron chi connectivity index (χ0n) is 6.42. The molecule has 0 aliphatic rings. The molecule has 1 radical (unpaired) electrons. The van der Waals surface area contributed by atoms with E-state index in [0.29, 0.717) is 0 Å². The second-order valence-electron chi connectivity index (χ2n) is 2.50. The molecule has 11 heavy (non-hydrogen) atoms. The van der Waals surface area contributed by atoms with Crippen molar-refractivity contribution in [1.82, 2.24) is 0 Å². The van der Waals surface area contributed by atoms with Crippen LogP contribution in [0.25, 0.3) is 11.0 Å². The molecule has 2 rings (SSSR count). The number of rotatable bonds is 1. The van der Waals surface area contributed by atoms with E-state index >= 15 is 0 Å². The highest BCUT2D eigenvalue weighted by Gasteiger charge is 1.99. The minimum absolute atomic E-state index is 0.911. The quantitative estimate of drug-likeness (QED) is 0.601. The van der Waals surface area contributed by atoms with E-state index in [2.05, 4.69) is 13.0 Å². The van der Waals surface area contributed by atoms with Gasteiger partial charge in [-0.3, -0.25) is 0 Å². The zero-order chi connectivity index (χ0) is 7.68. The average molecular weight is 145 g/mol. The molecule has 0 N–H and O–H groups in total. The molecule has 0 amide bonds. The Labute approximate surface area is 65.6 Å². The van der Waals surface area contributed by atoms with Gasteiger partial charge in [0.15, 0.2) is 0 Å². The van der Waals surface area contributed by atoms with Gasteiger partial charge in [-0.15, -0.1) is 0 Å². The number of hydrogen-bond acceptors (Lipinski definition) is 1. The third kappa shape index (κ3) is 1.03. The third-order valence-corrected chi connectivity index (χ3v) is 1.72. The monoisotopic (exact) mass is 145 g/mol. The van der Waals surface area contributed by atoms with Crippen molar-refractivity contribution in [3.05, 3.63) is 36.1 Å². The first kappa shape index (κ1) is 6.47. The van der Waals surface area contributed by atoms with E-state index in [-0.39, 0.29) is 0 Å². The average Bonchev–Trinajstić information content (AvgIpc) is 2.46. The molecule has 1 aromatic heterocycles. The molecule has 0 fully saturated rings. The maximum atomic E-state index is 5.46. The molecule has 0 aliphatic carbocycles. The lowest BCUT2D eigenvalue weighted by Gasteiger charge is -1.83. The summed E-state index contributed by atoms with van der Waals surface area (Å²) in [6.07, 6.45) is 0.911. The molecule has 0 atom stereocenters. The van der Waals surface area contributed by atoms with Crippen LogP contribution >= 0.6 is 0 Å². The maximum Gasteiger partial charge on any atom is 0.134 e. The van der Waals surface area contributed by atoms with E-state index in [4.69, 9.17) is 4.42 Å². The number of fused-ring (bicyclic) bond motifs is 1. The van der Waals surface area contributed by atoms with Gasteiger partial charge in [-0.25, -0.2) is 0 Å². The summed E-state index contributed by atoms with van der Waals surface area (Å²) in [5, 5.41) is 1.07. The topological polar surface area (TPSA) is 13.1 Å². The summed E-state index contributed by atoms with van der Waals surface area (Å²) in [6, 6.07) is 11.1. The van der Waals surface area contributed by atoms with Crippen LogP contribution in [-0.4, -0.2) is 0 Å². The first-order chi connectivity index (χ1) is 5.40. The molecular weight excluding hydrogens is 136 g/mol. The van der Waals surface area contributed by atoms with Gasteiger partial charge < -0.3 is 4.42 Å². The molecule has 0 saturated carbocycles. The van der Waals surface area contributed by atoms with E-state index in [1.165, 1.54) is 0 Å². The highest BCUT2D eigenvalue weighted by Crippen LogP contribution is 2.17. The van der Waals surface area contributed by atoms with Crippen LogP contribution in [-0.2, 0) is 6.42 Å². The van der Waals surface area contributed by atoms with Crippen LogP contribution in [0.5, 0.6) is 0 Å². The van der Waals surface area contributed by atoms with E-state index < -0.39 is 0 Å². The summed E-state index contributed by atoms with van der Waals surface area (Å²) in [4.78, 5) is 0. The second kappa shape index (κ2) is 2.42.